The van der Waals surface area contributed by atoms with Crippen LogP contribution in [0.25, 0.3) is 0 Å². The highest BCUT2D eigenvalue weighted by Crippen LogP contribution is 2.33. The summed E-state index contributed by atoms with van der Waals surface area (Å²) in [5, 5.41) is 3.46. The quantitative estimate of drug-likeness (QED) is 0.898. The molecule has 4 heteroatoms. The van der Waals surface area contributed by atoms with Gasteiger partial charge in [0, 0.05) is 31.2 Å². The van der Waals surface area contributed by atoms with Gasteiger partial charge in [0.25, 0.3) is 0 Å². The summed E-state index contributed by atoms with van der Waals surface area (Å²) in [7, 11) is 0. The molecule has 1 N–H and O–H groups in total. The second-order valence-corrected chi connectivity index (χ2v) is 6.21. The van der Waals surface area contributed by atoms with Crippen LogP contribution in [0.3, 0.4) is 0 Å². The Bertz CT molecular complexity index is 381. The Hall–Kier alpha value is -0.870. The lowest BCUT2D eigenvalue weighted by Gasteiger charge is -2.28. The molecule has 1 saturated heterocycles. The second-order valence-electron chi connectivity index (χ2n) is 6.21. The van der Waals surface area contributed by atoms with E-state index >= 15 is 0 Å². The first-order valence-corrected chi connectivity index (χ1v) is 6.72. The first-order chi connectivity index (χ1) is 8.47. The minimum atomic E-state index is 0.0948. The number of aromatic nitrogens is 1. The summed E-state index contributed by atoms with van der Waals surface area (Å²) in [4.78, 5) is 4.36. The molecule has 0 spiro atoms. The maximum atomic E-state index is 5.63. The van der Waals surface area contributed by atoms with Gasteiger partial charge in [0.2, 0.25) is 0 Å². The molecule has 0 saturated carbocycles. The molecule has 2 rings (SSSR count). The second kappa shape index (κ2) is 5.41. The lowest BCUT2D eigenvalue weighted by atomic mass is 9.87. The van der Waals surface area contributed by atoms with Crippen LogP contribution in [-0.2, 0) is 11.3 Å². The number of ether oxygens (including phenoxy) is 1. The molecule has 2 atom stereocenters. The molecule has 0 bridgehead atoms. The third-order valence-corrected chi connectivity index (χ3v) is 3.44. The Labute approximate surface area is 109 Å². The van der Waals surface area contributed by atoms with Crippen LogP contribution in [0.5, 0.6) is 0 Å². The molecule has 18 heavy (non-hydrogen) atoms. The number of hydrogen-bond acceptors (Lipinski definition) is 4. The Balaban J connectivity index is 2.07. The summed E-state index contributed by atoms with van der Waals surface area (Å²) < 4.78 is 11.1. The van der Waals surface area contributed by atoms with Crippen molar-refractivity contribution in [3.63, 3.8) is 0 Å². The van der Waals surface area contributed by atoms with Crippen molar-refractivity contribution in [3.05, 3.63) is 17.8 Å². The van der Waals surface area contributed by atoms with E-state index in [4.69, 9.17) is 9.15 Å². The van der Waals surface area contributed by atoms with E-state index in [1.807, 2.05) is 0 Å². The molecule has 102 valence electrons. The van der Waals surface area contributed by atoms with Crippen molar-refractivity contribution in [1.29, 1.82) is 0 Å². The molecule has 1 aromatic rings. The first kappa shape index (κ1) is 13.6. The average molecular weight is 252 g/mol. The van der Waals surface area contributed by atoms with E-state index in [1.54, 1.807) is 6.39 Å². The summed E-state index contributed by atoms with van der Waals surface area (Å²) >= 11 is 0. The van der Waals surface area contributed by atoms with Crippen molar-refractivity contribution >= 4 is 0 Å². The summed E-state index contributed by atoms with van der Waals surface area (Å²) in [5.41, 5.74) is 1.14. The fourth-order valence-electron chi connectivity index (χ4n) is 2.33. The predicted molar refractivity (Wildman–Crippen MR) is 70.4 cm³/mol. The summed E-state index contributed by atoms with van der Waals surface area (Å²) in [6.45, 7) is 11.1. The zero-order valence-corrected chi connectivity index (χ0v) is 11.8. The van der Waals surface area contributed by atoms with Crippen molar-refractivity contribution in [3.8, 4) is 0 Å². The SMILES string of the molecule is CC1COCCC1c1ocnc1CNC(C)(C)C. The van der Waals surface area contributed by atoms with E-state index in [0.717, 1.165) is 37.6 Å². The molecule has 4 nitrogen and oxygen atoms in total. The van der Waals surface area contributed by atoms with Crippen molar-refractivity contribution in [2.75, 3.05) is 13.2 Å². The maximum absolute atomic E-state index is 5.63. The molecular formula is C14H24N2O2. The Kier molecular flexibility index (Phi) is 4.07. The Morgan fingerprint density at radius 3 is 2.89 bits per heavy atom. The third-order valence-electron chi connectivity index (χ3n) is 3.44. The summed E-state index contributed by atoms with van der Waals surface area (Å²) in [6.07, 6.45) is 2.59. The average Bonchev–Trinajstić information content (AvgIpc) is 2.74. The van der Waals surface area contributed by atoms with E-state index in [-0.39, 0.29) is 5.54 Å². The fourth-order valence-corrected chi connectivity index (χ4v) is 2.33. The molecule has 0 amide bonds. The van der Waals surface area contributed by atoms with Gasteiger partial charge in [-0.15, -0.1) is 0 Å². The molecular weight excluding hydrogens is 228 g/mol. The highest BCUT2D eigenvalue weighted by Gasteiger charge is 2.29. The smallest absolute Gasteiger partial charge is 0.181 e. The molecule has 0 aromatic carbocycles. The highest BCUT2D eigenvalue weighted by molar-refractivity contribution is 5.14. The first-order valence-electron chi connectivity index (χ1n) is 6.72. The van der Waals surface area contributed by atoms with Crippen molar-refractivity contribution in [2.24, 2.45) is 5.92 Å². The molecule has 1 fully saturated rings. The van der Waals surface area contributed by atoms with E-state index in [0.29, 0.717) is 11.8 Å². The van der Waals surface area contributed by atoms with Crippen molar-refractivity contribution in [1.82, 2.24) is 10.3 Å². The molecule has 2 heterocycles. The Morgan fingerprint density at radius 2 is 2.22 bits per heavy atom. The van der Waals surface area contributed by atoms with Crippen LogP contribution < -0.4 is 5.32 Å². The van der Waals surface area contributed by atoms with Crippen LogP contribution in [0.4, 0.5) is 0 Å². The number of hydrogen-bond donors (Lipinski definition) is 1. The van der Waals surface area contributed by atoms with Crippen molar-refractivity contribution < 1.29 is 9.15 Å². The fraction of sp³-hybridized carbons (Fsp3) is 0.786. The van der Waals surface area contributed by atoms with Gasteiger partial charge in [0.15, 0.2) is 6.39 Å². The molecule has 1 aliphatic rings. The normalized spacial score (nSPS) is 25.3. The summed E-state index contributed by atoms with van der Waals surface area (Å²) in [6, 6.07) is 0. The van der Waals surface area contributed by atoms with Crippen molar-refractivity contribution in [2.45, 2.75) is 52.1 Å². The third kappa shape index (κ3) is 3.33. The number of oxazole rings is 1. The number of nitrogens with zero attached hydrogens (tertiary/aromatic N) is 1. The van der Waals surface area contributed by atoms with E-state index < -0.39 is 0 Å². The molecule has 2 unspecified atom stereocenters. The maximum Gasteiger partial charge on any atom is 0.181 e. The van der Waals surface area contributed by atoms with Crippen LogP contribution in [0.2, 0.25) is 0 Å². The van der Waals surface area contributed by atoms with Crippen LogP contribution >= 0.6 is 0 Å². The molecule has 0 radical (unpaired) electrons. The van der Waals surface area contributed by atoms with Gasteiger partial charge in [-0.05, 0) is 33.1 Å². The summed E-state index contributed by atoms with van der Waals surface area (Å²) in [5.74, 6) is 1.99. The van der Waals surface area contributed by atoms with Crippen LogP contribution in [0.1, 0.15) is 51.5 Å². The Morgan fingerprint density at radius 1 is 1.44 bits per heavy atom. The zero-order chi connectivity index (χ0) is 13.2. The minimum Gasteiger partial charge on any atom is -0.448 e. The van der Waals surface area contributed by atoms with Crippen LogP contribution in [0.15, 0.2) is 10.8 Å². The monoisotopic (exact) mass is 252 g/mol. The van der Waals surface area contributed by atoms with E-state index in [1.165, 1.54) is 0 Å². The highest BCUT2D eigenvalue weighted by atomic mass is 16.5. The lowest BCUT2D eigenvalue weighted by Crippen LogP contribution is -2.35. The van der Waals surface area contributed by atoms with Gasteiger partial charge in [0.1, 0.15) is 5.76 Å². The van der Waals surface area contributed by atoms with Gasteiger partial charge in [-0.25, -0.2) is 4.98 Å². The van der Waals surface area contributed by atoms with Crippen LogP contribution in [0, 0.1) is 5.92 Å². The zero-order valence-electron chi connectivity index (χ0n) is 11.8. The minimum absolute atomic E-state index is 0.0948. The molecule has 1 aliphatic heterocycles. The molecule has 1 aromatic heterocycles. The van der Waals surface area contributed by atoms with Gasteiger partial charge < -0.3 is 14.5 Å². The van der Waals surface area contributed by atoms with E-state index in [2.05, 4.69) is 38.0 Å². The van der Waals surface area contributed by atoms with Gasteiger partial charge in [-0.3, -0.25) is 0 Å². The predicted octanol–water partition coefficient (Wildman–Crippen LogP) is 2.70. The largest absolute Gasteiger partial charge is 0.448 e. The van der Waals surface area contributed by atoms with Gasteiger partial charge in [-0.1, -0.05) is 6.92 Å². The van der Waals surface area contributed by atoms with Crippen LogP contribution in [-0.4, -0.2) is 23.7 Å². The van der Waals surface area contributed by atoms with Gasteiger partial charge >= 0.3 is 0 Å². The number of rotatable bonds is 3. The van der Waals surface area contributed by atoms with Gasteiger partial charge in [0.05, 0.1) is 5.69 Å². The van der Waals surface area contributed by atoms with E-state index in [9.17, 15) is 0 Å². The van der Waals surface area contributed by atoms with Gasteiger partial charge in [-0.2, -0.15) is 0 Å². The number of nitrogens with one attached hydrogen (secondary N) is 1. The lowest BCUT2D eigenvalue weighted by molar-refractivity contribution is 0.0418. The molecule has 0 aliphatic carbocycles. The topological polar surface area (TPSA) is 47.3 Å². The standard InChI is InChI=1S/C14H24N2O2/c1-10-8-17-6-5-11(10)13-12(15-9-18-13)7-16-14(2,3)4/h9-11,16H,5-8H2,1-4H3.